The molecule has 4 nitrogen and oxygen atoms in total. The molecule has 0 unspecified atom stereocenters. The minimum atomic E-state index is 0.139. The monoisotopic (exact) mass is 211 g/mol. The largest absolute Gasteiger partial charge is 0.493 e. The van der Waals surface area contributed by atoms with E-state index in [1.54, 1.807) is 7.11 Å². The molecule has 0 atom stereocenters. The van der Waals surface area contributed by atoms with Crippen molar-refractivity contribution in [3.8, 4) is 23.1 Å². The molecule has 0 N–H and O–H groups in total. The number of rotatable bonds is 2. The first-order valence-electron chi connectivity index (χ1n) is 4.71. The molecule has 0 aliphatic carbocycles. The highest BCUT2D eigenvalue weighted by Gasteiger charge is 2.09. The molecule has 1 aromatic carbocycles. The molecule has 0 amide bonds. The maximum Gasteiger partial charge on any atom is 0.232 e. The molecular formula is C12H9N3O. The average molecular weight is 211 g/mol. The third kappa shape index (κ3) is 1.84. The van der Waals surface area contributed by atoms with Gasteiger partial charge in [0, 0.05) is 5.56 Å². The Hall–Kier alpha value is -2.41. The smallest absolute Gasteiger partial charge is 0.232 e. The molecule has 0 saturated carbocycles. The molecule has 0 fully saturated rings. The maximum absolute atomic E-state index is 8.76. The molecular weight excluding hydrogens is 202 g/mol. The molecule has 0 aliphatic rings. The zero-order valence-electron chi connectivity index (χ0n) is 8.71. The molecule has 1 aromatic heterocycles. The van der Waals surface area contributed by atoms with Gasteiger partial charge in [0.15, 0.2) is 5.75 Å². The predicted octanol–water partition coefficient (Wildman–Crippen LogP) is 2.02. The summed E-state index contributed by atoms with van der Waals surface area (Å²) in [5, 5.41) is 8.76. The normalized spacial score (nSPS) is 9.50. The van der Waals surface area contributed by atoms with E-state index in [1.807, 2.05) is 36.4 Å². The minimum Gasteiger partial charge on any atom is -0.493 e. The summed E-state index contributed by atoms with van der Waals surface area (Å²) in [7, 11) is 1.55. The van der Waals surface area contributed by atoms with Crippen LogP contribution < -0.4 is 4.74 Å². The average Bonchev–Trinajstić information content (AvgIpc) is 2.39. The summed E-state index contributed by atoms with van der Waals surface area (Å²) >= 11 is 0. The van der Waals surface area contributed by atoms with Gasteiger partial charge in [-0.1, -0.05) is 30.3 Å². The third-order valence-electron chi connectivity index (χ3n) is 2.12. The van der Waals surface area contributed by atoms with E-state index in [0.717, 1.165) is 5.56 Å². The van der Waals surface area contributed by atoms with E-state index in [2.05, 4.69) is 9.97 Å². The standard InChI is InChI=1S/C12H9N3O/c1-16-10-8-14-11(7-13)15-12(10)9-5-3-2-4-6-9/h2-6,8H,1H3. The van der Waals surface area contributed by atoms with E-state index in [0.29, 0.717) is 11.4 Å². The lowest BCUT2D eigenvalue weighted by atomic mass is 10.1. The molecule has 2 rings (SSSR count). The van der Waals surface area contributed by atoms with Gasteiger partial charge in [-0.2, -0.15) is 5.26 Å². The van der Waals surface area contributed by atoms with Gasteiger partial charge >= 0.3 is 0 Å². The first-order valence-corrected chi connectivity index (χ1v) is 4.71. The van der Waals surface area contributed by atoms with Crippen molar-refractivity contribution in [1.29, 1.82) is 5.26 Å². The van der Waals surface area contributed by atoms with Crippen molar-refractivity contribution in [2.75, 3.05) is 7.11 Å². The van der Waals surface area contributed by atoms with E-state index < -0.39 is 0 Å². The summed E-state index contributed by atoms with van der Waals surface area (Å²) < 4.78 is 5.16. The minimum absolute atomic E-state index is 0.139. The Kier molecular flexibility index (Phi) is 2.79. The number of ether oxygens (including phenoxy) is 1. The van der Waals surface area contributed by atoms with Gasteiger partial charge in [-0.15, -0.1) is 0 Å². The van der Waals surface area contributed by atoms with Crippen LogP contribution in [0.15, 0.2) is 36.5 Å². The van der Waals surface area contributed by atoms with Crippen molar-refractivity contribution in [1.82, 2.24) is 9.97 Å². The first kappa shape index (κ1) is 10.1. The van der Waals surface area contributed by atoms with Gasteiger partial charge in [0.1, 0.15) is 11.8 Å². The Morgan fingerprint density at radius 2 is 2.00 bits per heavy atom. The van der Waals surface area contributed by atoms with Gasteiger partial charge in [-0.05, 0) is 0 Å². The van der Waals surface area contributed by atoms with Gasteiger partial charge in [-0.25, -0.2) is 9.97 Å². The second-order valence-electron chi connectivity index (χ2n) is 3.09. The Morgan fingerprint density at radius 3 is 2.62 bits per heavy atom. The van der Waals surface area contributed by atoms with Crippen molar-refractivity contribution < 1.29 is 4.74 Å². The van der Waals surface area contributed by atoms with Crippen LogP contribution in [0.25, 0.3) is 11.3 Å². The highest BCUT2D eigenvalue weighted by Crippen LogP contribution is 2.26. The van der Waals surface area contributed by atoms with Crippen molar-refractivity contribution in [2.45, 2.75) is 0 Å². The SMILES string of the molecule is COc1cnc(C#N)nc1-c1ccccc1. The molecule has 4 heteroatoms. The number of benzene rings is 1. The van der Waals surface area contributed by atoms with Gasteiger partial charge < -0.3 is 4.74 Å². The Bertz CT molecular complexity index is 532. The fraction of sp³-hybridized carbons (Fsp3) is 0.0833. The van der Waals surface area contributed by atoms with Crippen molar-refractivity contribution in [2.24, 2.45) is 0 Å². The predicted molar refractivity (Wildman–Crippen MR) is 58.7 cm³/mol. The van der Waals surface area contributed by atoms with E-state index >= 15 is 0 Å². The highest BCUT2D eigenvalue weighted by molar-refractivity contribution is 5.65. The number of nitriles is 1. The summed E-state index contributed by atoms with van der Waals surface area (Å²) in [5.41, 5.74) is 1.54. The Labute approximate surface area is 93.2 Å². The second-order valence-corrected chi connectivity index (χ2v) is 3.09. The summed E-state index contributed by atoms with van der Waals surface area (Å²) in [6.07, 6.45) is 1.51. The van der Waals surface area contributed by atoms with Crippen LogP contribution >= 0.6 is 0 Å². The van der Waals surface area contributed by atoms with Crippen LogP contribution in [0.2, 0.25) is 0 Å². The number of hydrogen-bond acceptors (Lipinski definition) is 4. The quantitative estimate of drug-likeness (QED) is 0.762. The number of nitrogens with zero attached hydrogens (tertiary/aromatic N) is 3. The van der Waals surface area contributed by atoms with Gasteiger partial charge in [0.2, 0.25) is 5.82 Å². The zero-order valence-corrected chi connectivity index (χ0v) is 8.71. The lowest BCUT2D eigenvalue weighted by molar-refractivity contribution is 0.412. The van der Waals surface area contributed by atoms with Crippen LogP contribution in [0.4, 0.5) is 0 Å². The molecule has 0 saturated heterocycles. The van der Waals surface area contributed by atoms with Crippen LogP contribution in [0.3, 0.4) is 0 Å². The molecule has 0 radical (unpaired) electrons. The summed E-state index contributed by atoms with van der Waals surface area (Å²) in [5.74, 6) is 0.699. The van der Waals surface area contributed by atoms with E-state index in [4.69, 9.17) is 10.00 Å². The Morgan fingerprint density at radius 1 is 1.25 bits per heavy atom. The Balaban J connectivity index is 2.59. The van der Waals surface area contributed by atoms with Gasteiger partial charge in [0.05, 0.1) is 13.3 Å². The third-order valence-corrected chi connectivity index (χ3v) is 2.12. The fourth-order valence-corrected chi connectivity index (χ4v) is 1.38. The lowest BCUT2D eigenvalue weighted by Gasteiger charge is -2.06. The molecule has 0 spiro atoms. The second kappa shape index (κ2) is 4.41. The van der Waals surface area contributed by atoms with Crippen LogP contribution in [-0.4, -0.2) is 17.1 Å². The van der Waals surface area contributed by atoms with Gasteiger partial charge in [-0.3, -0.25) is 0 Å². The maximum atomic E-state index is 8.76. The van der Waals surface area contributed by atoms with E-state index in [1.165, 1.54) is 6.20 Å². The number of hydrogen-bond donors (Lipinski definition) is 0. The van der Waals surface area contributed by atoms with E-state index in [-0.39, 0.29) is 5.82 Å². The fourth-order valence-electron chi connectivity index (χ4n) is 1.38. The van der Waals surface area contributed by atoms with Crippen LogP contribution in [-0.2, 0) is 0 Å². The molecule has 0 bridgehead atoms. The van der Waals surface area contributed by atoms with Crippen molar-refractivity contribution in [3.63, 3.8) is 0 Å². The van der Waals surface area contributed by atoms with Crippen LogP contribution in [0, 0.1) is 11.3 Å². The lowest BCUT2D eigenvalue weighted by Crippen LogP contribution is -1.96. The van der Waals surface area contributed by atoms with Crippen LogP contribution in [0.1, 0.15) is 5.82 Å². The van der Waals surface area contributed by atoms with E-state index in [9.17, 15) is 0 Å². The van der Waals surface area contributed by atoms with Crippen molar-refractivity contribution in [3.05, 3.63) is 42.4 Å². The molecule has 78 valence electrons. The topological polar surface area (TPSA) is 58.8 Å². The summed E-state index contributed by atoms with van der Waals surface area (Å²) in [4.78, 5) is 7.99. The van der Waals surface area contributed by atoms with Gasteiger partial charge in [0.25, 0.3) is 0 Å². The molecule has 0 aliphatic heterocycles. The van der Waals surface area contributed by atoms with Crippen molar-refractivity contribution >= 4 is 0 Å². The number of aromatic nitrogens is 2. The number of methoxy groups -OCH3 is 1. The summed E-state index contributed by atoms with van der Waals surface area (Å²) in [6.45, 7) is 0. The molecule has 1 heterocycles. The molecule has 2 aromatic rings. The first-order chi connectivity index (χ1) is 7.85. The molecule has 16 heavy (non-hydrogen) atoms. The zero-order chi connectivity index (χ0) is 11.4. The van der Waals surface area contributed by atoms with Crippen LogP contribution in [0.5, 0.6) is 5.75 Å². The highest BCUT2D eigenvalue weighted by atomic mass is 16.5. The summed E-state index contributed by atoms with van der Waals surface area (Å²) in [6, 6.07) is 11.5.